The van der Waals surface area contributed by atoms with Crippen LogP contribution < -0.4 is 5.56 Å². The molecule has 2 aliphatic rings. The summed E-state index contributed by atoms with van der Waals surface area (Å²) in [6.07, 6.45) is 3.75. The summed E-state index contributed by atoms with van der Waals surface area (Å²) in [6.45, 7) is 6.63. The normalized spacial score (nSPS) is 25.7. The molecule has 2 aromatic heterocycles. The van der Waals surface area contributed by atoms with Crippen LogP contribution in [-0.2, 0) is 24.1 Å². The summed E-state index contributed by atoms with van der Waals surface area (Å²) < 4.78 is 5.76. The molecule has 3 heterocycles. The molecule has 0 aromatic carbocycles. The molecule has 1 aliphatic carbocycles. The maximum atomic E-state index is 12.5. The van der Waals surface area contributed by atoms with Crippen molar-refractivity contribution in [3.8, 4) is 0 Å². The maximum Gasteiger partial charge on any atom is 0.259 e. The smallest absolute Gasteiger partial charge is 0.259 e. The van der Waals surface area contributed by atoms with E-state index in [0.29, 0.717) is 6.54 Å². The van der Waals surface area contributed by atoms with E-state index < -0.39 is 0 Å². The van der Waals surface area contributed by atoms with Crippen LogP contribution in [0.15, 0.2) is 4.79 Å². The van der Waals surface area contributed by atoms with E-state index in [1.807, 2.05) is 0 Å². The Bertz CT molecular complexity index is 757. The topological polar surface area (TPSA) is 58.2 Å². The van der Waals surface area contributed by atoms with Gasteiger partial charge >= 0.3 is 0 Å². The quantitative estimate of drug-likeness (QED) is 0.921. The number of ether oxygens (including phenoxy) is 1. The van der Waals surface area contributed by atoms with Crippen molar-refractivity contribution >= 4 is 21.6 Å². The largest absolute Gasteiger partial charge is 0.373 e. The Morgan fingerprint density at radius 3 is 2.86 bits per heavy atom. The van der Waals surface area contributed by atoms with Crippen LogP contribution in [0.25, 0.3) is 10.2 Å². The molecule has 2 unspecified atom stereocenters. The second-order valence-electron chi connectivity index (χ2n) is 6.50. The fourth-order valence-electron chi connectivity index (χ4n) is 3.75. The van der Waals surface area contributed by atoms with Gasteiger partial charge in [0.2, 0.25) is 0 Å². The highest BCUT2D eigenvalue weighted by Gasteiger charge is 2.24. The minimum Gasteiger partial charge on any atom is -0.373 e. The predicted molar refractivity (Wildman–Crippen MR) is 87.6 cm³/mol. The van der Waals surface area contributed by atoms with Crippen molar-refractivity contribution in [2.24, 2.45) is 0 Å². The molecule has 1 fully saturated rings. The first-order valence-corrected chi connectivity index (χ1v) is 8.83. The average molecular weight is 319 g/mol. The first kappa shape index (κ1) is 14.4. The molecular weight excluding hydrogens is 298 g/mol. The van der Waals surface area contributed by atoms with Gasteiger partial charge in [-0.1, -0.05) is 0 Å². The zero-order chi connectivity index (χ0) is 15.3. The predicted octanol–water partition coefficient (Wildman–Crippen LogP) is 2.08. The summed E-state index contributed by atoms with van der Waals surface area (Å²) in [5.74, 6) is 0.777. The van der Waals surface area contributed by atoms with Gasteiger partial charge in [-0.15, -0.1) is 11.3 Å². The van der Waals surface area contributed by atoms with Gasteiger partial charge in [0.25, 0.3) is 5.56 Å². The number of rotatable bonds is 2. The molecule has 0 amide bonds. The van der Waals surface area contributed by atoms with Crippen molar-refractivity contribution in [3.05, 3.63) is 26.6 Å². The fraction of sp³-hybridized carbons (Fsp3) is 0.625. The fourth-order valence-corrected chi connectivity index (χ4v) is 5.03. The Kier molecular flexibility index (Phi) is 3.55. The van der Waals surface area contributed by atoms with E-state index in [1.54, 1.807) is 11.3 Å². The van der Waals surface area contributed by atoms with Crippen LogP contribution in [0.2, 0.25) is 0 Å². The Morgan fingerprint density at radius 2 is 2.09 bits per heavy atom. The molecule has 118 valence electrons. The summed E-state index contributed by atoms with van der Waals surface area (Å²) >= 11 is 1.70. The molecule has 5 nitrogen and oxygen atoms in total. The van der Waals surface area contributed by atoms with E-state index in [4.69, 9.17) is 9.72 Å². The monoisotopic (exact) mass is 319 g/mol. The van der Waals surface area contributed by atoms with Crippen molar-refractivity contribution in [3.63, 3.8) is 0 Å². The number of aryl methyl sites for hydroxylation is 2. The van der Waals surface area contributed by atoms with Gasteiger partial charge in [0.05, 0.1) is 24.1 Å². The van der Waals surface area contributed by atoms with E-state index in [2.05, 4.69) is 23.7 Å². The van der Waals surface area contributed by atoms with Gasteiger partial charge in [0.1, 0.15) is 10.7 Å². The first-order chi connectivity index (χ1) is 10.6. The van der Waals surface area contributed by atoms with Gasteiger partial charge in [-0.3, -0.25) is 9.69 Å². The van der Waals surface area contributed by atoms with E-state index in [0.717, 1.165) is 42.0 Å². The SMILES string of the molecule is CC1CN(Cc2nc3sc4c(c3c(=O)[nH]2)CCC4)CC(C)O1. The van der Waals surface area contributed by atoms with Crippen LogP contribution in [0.3, 0.4) is 0 Å². The summed E-state index contributed by atoms with van der Waals surface area (Å²) in [4.78, 5) is 24.8. The highest BCUT2D eigenvalue weighted by Crippen LogP contribution is 2.34. The molecular formula is C16H21N3O2S. The van der Waals surface area contributed by atoms with Crippen LogP contribution in [0, 0.1) is 0 Å². The Labute approximate surface area is 133 Å². The van der Waals surface area contributed by atoms with Gasteiger partial charge in [0.15, 0.2) is 0 Å². The molecule has 0 bridgehead atoms. The Hall–Kier alpha value is -1.24. The standard InChI is InChI=1S/C16H21N3O2S/c1-9-6-19(7-10(2)21-9)8-13-17-15(20)14-11-4-3-5-12(11)22-16(14)18-13/h9-10H,3-8H2,1-2H3,(H,17,18,20). The van der Waals surface area contributed by atoms with Gasteiger partial charge < -0.3 is 9.72 Å². The van der Waals surface area contributed by atoms with Crippen molar-refractivity contribution in [1.29, 1.82) is 0 Å². The molecule has 0 radical (unpaired) electrons. The number of fused-ring (bicyclic) bond motifs is 3. The number of morpholine rings is 1. The molecule has 2 aromatic rings. The number of nitrogens with one attached hydrogen (secondary N) is 1. The molecule has 2 atom stereocenters. The molecule has 0 spiro atoms. The second kappa shape index (κ2) is 5.44. The molecule has 22 heavy (non-hydrogen) atoms. The van der Waals surface area contributed by atoms with Gasteiger partial charge in [-0.25, -0.2) is 4.98 Å². The molecule has 6 heteroatoms. The third-order valence-electron chi connectivity index (χ3n) is 4.49. The summed E-state index contributed by atoms with van der Waals surface area (Å²) in [5, 5.41) is 0.838. The second-order valence-corrected chi connectivity index (χ2v) is 7.59. The Morgan fingerprint density at radius 1 is 1.32 bits per heavy atom. The number of aromatic amines is 1. The number of hydrogen-bond acceptors (Lipinski definition) is 5. The lowest BCUT2D eigenvalue weighted by Gasteiger charge is -2.34. The van der Waals surface area contributed by atoms with E-state index in [1.165, 1.54) is 16.9 Å². The van der Waals surface area contributed by atoms with E-state index in [9.17, 15) is 4.79 Å². The molecule has 4 rings (SSSR count). The molecule has 1 saturated heterocycles. The van der Waals surface area contributed by atoms with Gasteiger partial charge in [-0.2, -0.15) is 0 Å². The van der Waals surface area contributed by atoms with E-state index >= 15 is 0 Å². The molecule has 1 N–H and O–H groups in total. The van der Waals surface area contributed by atoms with Crippen molar-refractivity contribution in [2.45, 2.75) is 51.9 Å². The first-order valence-electron chi connectivity index (χ1n) is 8.01. The lowest BCUT2D eigenvalue weighted by Crippen LogP contribution is -2.45. The van der Waals surface area contributed by atoms with Crippen molar-refractivity contribution in [1.82, 2.24) is 14.9 Å². The molecule has 0 saturated carbocycles. The van der Waals surface area contributed by atoms with E-state index in [-0.39, 0.29) is 17.8 Å². The number of nitrogens with zero attached hydrogens (tertiary/aromatic N) is 2. The average Bonchev–Trinajstić information content (AvgIpc) is 2.96. The van der Waals surface area contributed by atoms with Crippen molar-refractivity contribution < 1.29 is 4.74 Å². The zero-order valence-electron chi connectivity index (χ0n) is 13.0. The number of aromatic nitrogens is 2. The summed E-state index contributed by atoms with van der Waals surface area (Å²) in [5.41, 5.74) is 1.28. The van der Waals surface area contributed by atoms with Gasteiger partial charge in [-0.05, 0) is 38.7 Å². The van der Waals surface area contributed by atoms with Crippen LogP contribution in [0.1, 0.15) is 36.5 Å². The van der Waals surface area contributed by atoms with Crippen LogP contribution in [0.5, 0.6) is 0 Å². The highest BCUT2D eigenvalue weighted by atomic mass is 32.1. The van der Waals surface area contributed by atoms with Crippen LogP contribution in [0.4, 0.5) is 0 Å². The minimum atomic E-state index is 0.0359. The number of hydrogen-bond donors (Lipinski definition) is 1. The summed E-state index contributed by atoms with van der Waals surface area (Å²) in [7, 11) is 0. The maximum absolute atomic E-state index is 12.5. The minimum absolute atomic E-state index is 0.0359. The Balaban J connectivity index is 1.64. The number of thiophene rings is 1. The van der Waals surface area contributed by atoms with Crippen LogP contribution in [-0.4, -0.2) is 40.2 Å². The highest BCUT2D eigenvalue weighted by molar-refractivity contribution is 7.18. The third kappa shape index (κ3) is 2.49. The lowest BCUT2D eigenvalue weighted by molar-refractivity contribution is -0.0710. The lowest BCUT2D eigenvalue weighted by atomic mass is 10.2. The third-order valence-corrected chi connectivity index (χ3v) is 5.68. The van der Waals surface area contributed by atoms with Gasteiger partial charge in [0, 0.05) is 18.0 Å². The summed E-state index contributed by atoms with van der Waals surface area (Å²) in [6, 6.07) is 0. The zero-order valence-corrected chi connectivity index (χ0v) is 13.8. The van der Waals surface area contributed by atoms with Crippen molar-refractivity contribution in [2.75, 3.05) is 13.1 Å². The molecule has 1 aliphatic heterocycles. The number of H-pyrrole nitrogens is 1. The van der Waals surface area contributed by atoms with Crippen LogP contribution >= 0.6 is 11.3 Å².